The molecule has 0 aromatic heterocycles. The molecule has 2 amide bonds. The first-order valence-electron chi connectivity index (χ1n) is 6.40. The van der Waals surface area contributed by atoms with Crippen LogP contribution in [-0.2, 0) is 19.1 Å². The van der Waals surface area contributed by atoms with Crippen LogP contribution >= 0.6 is 11.6 Å². The fraction of sp³-hybridized carbons (Fsp3) is 0.357. The number of benzene rings is 1. The third-order valence-corrected chi connectivity index (χ3v) is 3.58. The third kappa shape index (κ3) is 3.16. The lowest BCUT2D eigenvalue weighted by Crippen LogP contribution is -2.44. The number of esters is 1. The Hall–Kier alpha value is -2.08. The molecule has 1 aliphatic rings. The molecule has 0 spiro atoms. The van der Waals surface area contributed by atoms with Gasteiger partial charge in [-0.25, -0.2) is 4.79 Å². The molecule has 1 aliphatic heterocycles. The number of halogens is 1. The number of hydrogen-bond acceptors (Lipinski definition) is 4. The Bertz CT molecular complexity index is 603. The van der Waals surface area contributed by atoms with Gasteiger partial charge in [0.2, 0.25) is 5.91 Å². The second kappa shape index (κ2) is 6.13. The largest absolute Gasteiger partial charge is 0.462 e. The summed E-state index contributed by atoms with van der Waals surface area (Å²) in [7, 11) is 1.11. The van der Waals surface area contributed by atoms with E-state index in [4.69, 9.17) is 11.6 Å². The van der Waals surface area contributed by atoms with Crippen molar-refractivity contribution in [2.45, 2.75) is 19.4 Å². The lowest BCUT2D eigenvalue weighted by molar-refractivity contribution is -0.153. The van der Waals surface area contributed by atoms with Crippen molar-refractivity contribution in [2.24, 2.45) is 0 Å². The van der Waals surface area contributed by atoms with Crippen molar-refractivity contribution in [3.63, 3.8) is 0 Å². The van der Waals surface area contributed by atoms with Crippen molar-refractivity contribution in [3.8, 4) is 0 Å². The normalized spacial score (nSPS) is 17.8. The van der Waals surface area contributed by atoms with Crippen LogP contribution < -0.4 is 10.2 Å². The molecule has 1 saturated heterocycles. The number of anilines is 1. The van der Waals surface area contributed by atoms with E-state index in [0.717, 1.165) is 12.7 Å². The number of nitrogens with zero attached hydrogens (tertiary/aromatic N) is 1. The van der Waals surface area contributed by atoms with E-state index in [2.05, 4.69) is 10.1 Å². The van der Waals surface area contributed by atoms with Gasteiger partial charge in [0, 0.05) is 6.54 Å². The predicted octanol–water partition coefficient (Wildman–Crippen LogP) is 1.04. The number of carbonyl (C=O) groups is 3. The first-order valence-corrected chi connectivity index (χ1v) is 6.78. The number of nitrogens with one attached hydrogen (secondary N) is 1. The van der Waals surface area contributed by atoms with Gasteiger partial charge in [0.25, 0.3) is 0 Å². The number of aryl methyl sites for hydroxylation is 1. The fourth-order valence-corrected chi connectivity index (χ4v) is 2.53. The minimum atomic E-state index is -1.02. The minimum Gasteiger partial charge on any atom is -0.462 e. The zero-order chi connectivity index (χ0) is 15.6. The summed E-state index contributed by atoms with van der Waals surface area (Å²) in [5.41, 5.74) is 1.59. The van der Waals surface area contributed by atoms with Crippen LogP contribution in [0.15, 0.2) is 18.2 Å². The second-order valence-corrected chi connectivity index (χ2v) is 5.16. The molecule has 6 nitrogen and oxygen atoms in total. The molecule has 7 heteroatoms. The highest BCUT2D eigenvalue weighted by molar-refractivity contribution is 6.34. The molecule has 0 bridgehead atoms. The maximum atomic E-state index is 12.3. The molecule has 21 heavy (non-hydrogen) atoms. The van der Waals surface area contributed by atoms with E-state index in [1.54, 1.807) is 12.1 Å². The molecular weight excluding hydrogens is 296 g/mol. The summed E-state index contributed by atoms with van der Waals surface area (Å²) < 4.78 is 4.30. The van der Waals surface area contributed by atoms with Crippen LogP contribution in [-0.4, -0.2) is 37.5 Å². The van der Waals surface area contributed by atoms with Crippen LogP contribution in [0.2, 0.25) is 5.02 Å². The first kappa shape index (κ1) is 15.3. The second-order valence-electron chi connectivity index (χ2n) is 4.75. The predicted molar refractivity (Wildman–Crippen MR) is 77.1 cm³/mol. The van der Waals surface area contributed by atoms with E-state index in [9.17, 15) is 14.4 Å². The standard InChI is InChI=1S/C14H15ClN2O4/c1-8-3-4-11(9(15)7-8)17-6-5-10(13(17)19)16-12(18)14(20)21-2/h3-4,7,10H,5-6H2,1-2H3,(H,16,18). The van der Waals surface area contributed by atoms with E-state index in [-0.39, 0.29) is 5.91 Å². The molecule has 1 N–H and O–H groups in total. The Morgan fingerprint density at radius 1 is 1.43 bits per heavy atom. The van der Waals surface area contributed by atoms with Gasteiger partial charge in [-0.1, -0.05) is 17.7 Å². The summed E-state index contributed by atoms with van der Waals surface area (Å²) >= 11 is 6.15. The van der Waals surface area contributed by atoms with Crippen molar-refractivity contribution in [1.82, 2.24) is 5.32 Å². The lowest BCUT2D eigenvalue weighted by Gasteiger charge is -2.18. The number of amides is 2. The molecule has 1 aromatic rings. The van der Waals surface area contributed by atoms with Crippen LogP contribution in [0, 0.1) is 6.92 Å². The van der Waals surface area contributed by atoms with Gasteiger partial charge in [-0.05, 0) is 31.0 Å². The summed E-state index contributed by atoms with van der Waals surface area (Å²) in [5, 5.41) is 2.84. The molecule has 1 unspecified atom stereocenters. The number of methoxy groups -OCH3 is 1. The summed E-state index contributed by atoms with van der Waals surface area (Å²) in [4.78, 5) is 36.3. The summed E-state index contributed by atoms with van der Waals surface area (Å²) in [5.74, 6) is -2.24. The average molecular weight is 311 g/mol. The van der Waals surface area contributed by atoms with Gasteiger partial charge in [0.05, 0.1) is 17.8 Å². The van der Waals surface area contributed by atoms with Crippen molar-refractivity contribution in [1.29, 1.82) is 0 Å². The Kier molecular flexibility index (Phi) is 4.47. The van der Waals surface area contributed by atoms with Crippen molar-refractivity contribution in [2.75, 3.05) is 18.6 Å². The number of ether oxygens (including phenoxy) is 1. The van der Waals surface area contributed by atoms with E-state index in [1.165, 1.54) is 4.90 Å². The Morgan fingerprint density at radius 3 is 2.76 bits per heavy atom. The zero-order valence-corrected chi connectivity index (χ0v) is 12.4. The lowest BCUT2D eigenvalue weighted by atomic mass is 10.2. The third-order valence-electron chi connectivity index (χ3n) is 3.28. The highest BCUT2D eigenvalue weighted by Gasteiger charge is 2.35. The van der Waals surface area contributed by atoms with Gasteiger partial charge in [-0.2, -0.15) is 0 Å². The highest BCUT2D eigenvalue weighted by atomic mass is 35.5. The first-order chi connectivity index (χ1) is 9.93. The fourth-order valence-electron chi connectivity index (χ4n) is 2.19. The van der Waals surface area contributed by atoms with Gasteiger partial charge in [-0.15, -0.1) is 0 Å². The zero-order valence-electron chi connectivity index (χ0n) is 11.7. The van der Waals surface area contributed by atoms with Gasteiger partial charge >= 0.3 is 11.9 Å². The summed E-state index contributed by atoms with van der Waals surface area (Å²) in [6, 6.07) is 4.65. The topological polar surface area (TPSA) is 75.7 Å². The van der Waals surface area contributed by atoms with E-state index in [1.807, 2.05) is 13.0 Å². The molecule has 0 radical (unpaired) electrons. The number of rotatable bonds is 2. The SMILES string of the molecule is COC(=O)C(=O)NC1CCN(c2ccc(C)cc2Cl)C1=O. The van der Waals surface area contributed by atoms with E-state index < -0.39 is 17.9 Å². The number of hydrogen-bond donors (Lipinski definition) is 1. The number of carbonyl (C=O) groups excluding carboxylic acids is 3. The Morgan fingerprint density at radius 2 is 2.14 bits per heavy atom. The van der Waals surface area contributed by atoms with Gasteiger partial charge in [0.1, 0.15) is 6.04 Å². The molecule has 112 valence electrons. The Balaban J connectivity index is 2.11. The quantitative estimate of drug-likeness (QED) is 0.654. The van der Waals surface area contributed by atoms with Crippen LogP contribution in [0.5, 0.6) is 0 Å². The highest BCUT2D eigenvalue weighted by Crippen LogP contribution is 2.30. The van der Waals surface area contributed by atoms with Crippen LogP contribution in [0.1, 0.15) is 12.0 Å². The maximum Gasteiger partial charge on any atom is 0.396 e. The minimum absolute atomic E-state index is 0.294. The molecule has 1 aromatic carbocycles. The van der Waals surface area contributed by atoms with E-state index >= 15 is 0 Å². The maximum absolute atomic E-state index is 12.3. The molecule has 1 atom stereocenters. The molecular formula is C14H15ClN2O4. The van der Waals surface area contributed by atoms with Gasteiger partial charge in [0.15, 0.2) is 0 Å². The monoisotopic (exact) mass is 310 g/mol. The van der Waals surface area contributed by atoms with Crippen molar-refractivity contribution in [3.05, 3.63) is 28.8 Å². The van der Waals surface area contributed by atoms with Crippen LogP contribution in [0.25, 0.3) is 0 Å². The smallest absolute Gasteiger partial charge is 0.396 e. The summed E-state index contributed by atoms with van der Waals surface area (Å²) in [6.07, 6.45) is 0.409. The van der Waals surface area contributed by atoms with Gasteiger partial charge < -0.3 is 15.0 Å². The van der Waals surface area contributed by atoms with Crippen LogP contribution in [0.4, 0.5) is 5.69 Å². The summed E-state index contributed by atoms with van der Waals surface area (Å²) in [6.45, 7) is 2.33. The average Bonchev–Trinajstić information content (AvgIpc) is 2.79. The molecule has 1 heterocycles. The molecule has 1 fully saturated rings. The molecule has 0 aliphatic carbocycles. The van der Waals surface area contributed by atoms with Crippen LogP contribution in [0.3, 0.4) is 0 Å². The van der Waals surface area contributed by atoms with Crippen molar-refractivity contribution < 1.29 is 19.1 Å². The molecule has 0 saturated carbocycles. The van der Waals surface area contributed by atoms with Crippen molar-refractivity contribution >= 4 is 35.1 Å². The van der Waals surface area contributed by atoms with E-state index in [0.29, 0.717) is 23.7 Å². The van der Waals surface area contributed by atoms with Gasteiger partial charge in [-0.3, -0.25) is 9.59 Å². The molecule has 2 rings (SSSR count). The Labute approximate surface area is 127 Å².